The molecule has 1 N–H and O–H groups in total. The van der Waals surface area contributed by atoms with Crippen molar-refractivity contribution in [1.29, 1.82) is 0 Å². The van der Waals surface area contributed by atoms with Crippen molar-refractivity contribution in [3.05, 3.63) is 84.5 Å². The number of halogens is 1. The topological polar surface area (TPSA) is 107 Å². The van der Waals surface area contributed by atoms with Crippen LogP contribution in [-0.2, 0) is 6.42 Å². The van der Waals surface area contributed by atoms with Crippen LogP contribution in [0.5, 0.6) is 5.75 Å². The molecular formula is C15H11ClN2O5. The Bertz CT molecular complexity index is 787. The third-order valence-corrected chi connectivity index (χ3v) is 3.31. The van der Waals surface area contributed by atoms with Gasteiger partial charge >= 0.3 is 0 Å². The first-order chi connectivity index (χ1) is 10.9. The highest BCUT2D eigenvalue weighted by Crippen LogP contribution is 2.25. The van der Waals surface area contributed by atoms with E-state index in [-0.39, 0.29) is 29.1 Å². The summed E-state index contributed by atoms with van der Waals surface area (Å²) in [5.41, 5.74) is 0.510. The number of hydrogen-bond acceptors (Lipinski definition) is 5. The second-order valence-electron chi connectivity index (χ2n) is 4.70. The molecule has 0 amide bonds. The van der Waals surface area contributed by atoms with Gasteiger partial charge in [0.2, 0.25) is 0 Å². The Labute approximate surface area is 135 Å². The van der Waals surface area contributed by atoms with E-state index in [0.29, 0.717) is 10.6 Å². The molecule has 0 aliphatic heterocycles. The lowest BCUT2D eigenvalue weighted by Gasteiger charge is -2.03. The SMILES string of the molecule is O=[N+]([O-])/C(=C/c1cc(Cl)ccc1O)Cc1ccc([N+](=O)[O-])cc1. The minimum absolute atomic E-state index is 0.0447. The van der Waals surface area contributed by atoms with E-state index in [2.05, 4.69) is 0 Å². The Morgan fingerprint density at radius 2 is 1.78 bits per heavy atom. The van der Waals surface area contributed by atoms with Gasteiger partial charge in [0.05, 0.1) is 16.3 Å². The first kappa shape index (κ1) is 16.4. The van der Waals surface area contributed by atoms with Crippen molar-refractivity contribution in [2.24, 2.45) is 0 Å². The van der Waals surface area contributed by atoms with Gasteiger partial charge in [0, 0.05) is 28.8 Å². The average molecular weight is 335 g/mol. The summed E-state index contributed by atoms with van der Waals surface area (Å²) < 4.78 is 0. The van der Waals surface area contributed by atoms with Gasteiger partial charge in [-0.15, -0.1) is 0 Å². The van der Waals surface area contributed by atoms with Crippen LogP contribution < -0.4 is 0 Å². The van der Waals surface area contributed by atoms with E-state index in [9.17, 15) is 25.3 Å². The van der Waals surface area contributed by atoms with Crippen LogP contribution in [0.25, 0.3) is 6.08 Å². The third-order valence-electron chi connectivity index (χ3n) is 3.08. The molecule has 0 fully saturated rings. The van der Waals surface area contributed by atoms with Gasteiger partial charge in [-0.25, -0.2) is 0 Å². The minimum atomic E-state index is -0.568. The van der Waals surface area contributed by atoms with Gasteiger partial charge in [-0.3, -0.25) is 20.2 Å². The Kier molecular flexibility index (Phi) is 4.92. The monoisotopic (exact) mass is 334 g/mol. The van der Waals surface area contributed by atoms with E-state index in [1.54, 1.807) is 0 Å². The summed E-state index contributed by atoms with van der Waals surface area (Å²) in [5.74, 6) is -0.127. The van der Waals surface area contributed by atoms with Crippen LogP contribution in [0.15, 0.2) is 48.2 Å². The lowest BCUT2D eigenvalue weighted by molar-refractivity contribution is -0.425. The fraction of sp³-hybridized carbons (Fsp3) is 0.0667. The van der Waals surface area contributed by atoms with E-state index >= 15 is 0 Å². The van der Waals surface area contributed by atoms with Gasteiger partial charge in [-0.2, -0.15) is 0 Å². The number of rotatable bonds is 5. The zero-order valence-corrected chi connectivity index (χ0v) is 12.4. The fourth-order valence-electron chi connectivity index (χ4n) is 1.93. The van der Waals surface area contributed by atoms with E-state index in [1.165, 1.54) is 48.5 Å². The largest absolute Gasteiger partial charge is 0.507 e. The number of nitro groups is 2. The summed E-state index contributed by atoms with van der Waals surface area (Å²) >= 11 is 5.81. The Morgan fingerprint density at radius 1 is 1.13 bits per heavy atom. The summed E-state index contributed by atoms with van der Waals surface area (Å²) in [5, 5.41) is 31.9. The van der Waals surface area contributed by atoms with Gasteiger partial charge in [0.1, 0.15) is 5.75 Å². The van der Waals surface area contributed by atoms with Crippen LogP contribution in [0.1, 0.15) is 11.1 Å². The van der Waals surface area contributed by atoms with Crippen LogP contribution in [0, 0.1) is 20.2 Å². The number of benzene rings is 2. The number of non-ortho nitro benzene ring substituents is 1. The van der Waals surface area contributed by atoms with E-state index in [0.717, 1.165) is 0 Å². The van der Waals surface area contributed by atoms with Crippen LogP contribution in [0.2, 0.25) is 5.02 Å². The lowest BCUT2D eigenvalue weighted by atomic mass is 10.1. The highest BCUT2D eigenvalue weighted by Gasteiger charge is 2.15. The van der Waals surface area contributed by atoms with Crippen molar-refractivity contribution < 1.29 is 15.0 Å². The molecule has 0 spiro atoms. The number of nitrogens with zero attached hydrogens (tertiary/aromatic N) is 2. The molecule has 0 radical (unpaired) electrons. The molecule has 118 valence electrons. The molecule has 2 rings (SSSR count). The van der Waals surface area contributed by atoms with Gasteiger partial charge in [0.15, 0.2) is 0 Å². The van der Waals surface area contributed by atoms with Crippen molar-refractivity contribution in [3.63, 3.8) is 0 Å². The molecule has 0 unspecified atom stereocenters. The number of hydrogen-bond donors (Lipinski definition) is 1. The molecule has 23 heavy (non-hydrogen) atoms. The molecule has 2 aromatic carbocycles. The molecule has 0 atom stereocenters. The van der Waals surface area contributed by atoms with Crippen molar-refractivity contribution in [1.82, 2.24) is 0 Å². The van der Waals surface area contributed by atoms with Crippen LogP contribution in [-0.4, -0.2) is 15.0 Å². The maximum Gasteiger partial charge on any atom is 0.269 e. The zero-order valence-electron chi connectivity index (χ0n) is 11.7. The number of phenols is 1. The molecule has 0 aromatic heterocycles. The van der Waals surface area contributed by atoms with Crippen LogP contribution >= 0.6 is 11.6 Å². The van der Waals surface area contributed by atoms with E-state index < -0.39 is 9.85 Å². The Balaban J connectivity index is 2.31. The van der Waals surface area contributed by atoms with Gasteiger partial charge in [0.25, 0.3) is 11.4 Å². The van der Waals surface area contributed by atoms with Crippen molar-refractivity contribution in [3.8, 4) is 5.75 Å². The molecule has 0 aliphatic carbocycles. The van der Waals surface area contributed by atoms with Crippen molar-refractivity contribution in [2.45, 2.75) is 6.42 Å². The quantitative estimate of drug-likeness (QED) is 0.660. The minimum Gasteiger partial charge on any atom is -0.507 e. The number of allylic oxidation sites excluding steroid dienone is 1. The average Bonchev–Trinajstić information content (AvgIpc) is 2.50. The second-order valence-corrected chi connectivity index (χ2v) is 5.13. The molecule has 0 saturated heterocycles. The highest BCUT2D eigenvalue weighted by molar-refractivity contribution is 6.30. The molecule has 0 heterocycles. The summed E-state index contributed by atoms with van der Waals surface area (Å²) in [6, 6.07) is 9.69. The Morgan fingerprint density at radius 3 is 2.35 bits per heavy atom. The summed E-state index contributed by atoms with van der Waals surface area (Å²) in [6.07, 6.45) is 1.18. The maximum absolute atomic E-state index is 11.2. The van der Waals surface area contributed by atoms with E-state index in [4.69, 9.17) is 11.6 Å². The fourth-order valence-corrected chi connectivity index (χ4v) is 2.11. The zero-order chi connectivity index (χ0) is 17.0. The second kappa shape index (κ2) is 6.89. The third kappa shape index (κ3) is 4.27. The van der Waals surface area contributed by atoms with Crippen LogP contribution in [0.3, 0.4) is 0 Å². The smallest absolute Gasteiger partial charge is 0.269 e. The number of aromatic hydroxyl groups is 1. The molecular weight excluding hydrogens is 324 g/mol. The number of nitro benzene ring substituents is 1. The van der Waals surface area contributed by atoms with Gasteiger partial charge in [-0.1, -0.05) is 23.7 Å². The van der Waals surface area contributed by atoms with Crippen molar-refractivity contribution >= 4 is 23.4 Å². The highest BCUT2D eigenvalue weighted by atomic mass is 35.5. The van der Waals surface area contributed by atoms with E-state index in [1.807, 2.05) is 0 Å². The molecule has 7 nitrogen and oxygen atoms in total. The Hall–Kier alpha value is -2.93. The predicted molar refractivity (Wildman–Crippen MR) is 84.9 cm³/mol. The normalized spacial score (nSPS) is 11.3. The number of phenolic OH excluding ortho intramolecular Hbond substituents is 1. The van der Waals surface area contributed by atoms with Gasteiger partial charge in [-0.05, 0) is 23.8 Å². The van der Waals surface area contributed by atoms with Gasteiger partial charge < -0.3 is 5.11 Å². The summed E-state index contributed by atoms with van der Waals surface area (Å²) in [7, 11) is 0. The summed E-state index contributed by atoms with van der Waals surface area (Å²) in [4.78, 5) is 20.7. The first-order valence-electron chi connectivity index (χ1n) is 6.43. The first-order valence-corrected chi connectivity index (χ1v) is 6.81. The molecule has 2 aromatic rings. The molecule has 8 heteroatoms. The standard InChI is InChI=1S/C15H11ClN2O5/c16-12-3-6-15(19)11(8-12)9-14(18(22)23)7-10-1-4-13(5-2-10)17(20)21/h1-6,8-9,19H,7H2/b14-9+. The van der Waals surface area contributed by atoms with Crippen molar-refractivity contribution in [2.75, 3.05) is 0 Å². The predicted octanol–water partition coefficient (Wildman–Crippen LogP) is 3.81. The molecule has 0 saturated carbocycles. The maximum atomic E-state index is 11.2. The lowest BCUT2D eigenvalue weighted by Crippen LogP contribution is -2.02. The molecule has 0 bridgehead atoms. The summed E-state index contributed by atoms with van der Waals surface area (Å²) in [6.45, 7) is 0. The molecule has 0 aliphatic rings. The van der Waals surface area contributed by atoms with Crippen LogP contribution in [0.4, 0.5) is 5.69 Å².